The molecule has 150 valence electrons. The molecule has 28 heavy (non-hydrogen) atoms. The molecule has 6 heteroatoms. The first-order valence-electron chi connectivity index (χ1n) is 9.16. The summed E-state index contributed by atoms with van der Waals surface area (Å²) in [5, 5.41) is 6.28. The highest BCUT2D eigenvalue weighted by Gasteiger charge is 2.12. The Morgan fingerprint density at radius 1 is 1.29 bits per heavy atom. The van der Waals surface area contributed by atoms with Crippen molar-refractivity contribution in [2.24, 2.45) is 5.92 Å². The second-order valence-electron chi connectivity index (χ2n) is 6.75. The maximum Gasteiger partial charge on any atom is 0.251 e. The molecule has 2 rings (SSSR count). The molecule has 0 aliphatic rings. The van der Waals surface area contributed by atoms with Gasteiger partial charge < -0.3 is 20.1 Å². The molecular weight excluding hydrogens is 420 g/mol. The summed E-state index contributed by atoms with van der Waals surface area (Å²) in [5.41, 5.74) is 2.53. The van der Waals surface area contributed by atoms with Gasteiger partial charge >= 0.3 is 0 Å². The largest absolute Gasteiger partial charge is 0.493 e. The van der Waals surface area contributed by atoms with Gasteiger partial charge in [-0.15, -0.1) is 0 Å². The van der Waals surface area contributed by atoms with Crippen LogP contribution in [0, 0.1) is 5.92 Å². The van der Waals surface area contributed by atoms with Gasteiger partial charge in [-0.25, -0.2) is 0 Å². The van der Waals surface area contributed by atoms with Gasteiger partial charge in [-0.3, -0.25) is 4.79 Å². The van der Waals surface area contributed by atoms with Crippen molar-refractivity contribution in [2.75, 3.05) is 25.6 Å². The van der Waals surface area contributed by atoms with Crippen molar-refractivity contribution in [1.29, 1.82) is 0 Å². The molecule has 0 fully saturated rings. The molecule has 0 saturated carbocycles. The SMILES string of the molecule is C=CCOc1c(Br)cc(CNc2cccc(C(=O)NCC(C)C)c2)cc1OC. The first-order valence-corrected chi connectivity index (χ1v) is 9.96. The molecule has 0 aliphatic carbocycles. The van der Waals surface area contributed by atoms with Crippen molar-refractivity contribution >= 4 is 27.5 Å². The molecule has 0 spiro atoms. The number of hydrogen-bond donors (Lipinski definition) is 2. The molecule has 0 aliphatic heterocycles. The summed E-state index contributed by atoms with van der Waals surface area (Å²) in [4.78, 5) is 12.2. The van der Waals surface area contributed by atoms with Gasteiger partial charge in [0.05, 0.1) is 11.6 Å². The van der Waals surface area contributed by atoms with E-state index in [-0.39, 0.29) is 5.91 Å². The van der Waals surface area contributed by atoms with E-state index in [1.807, 2.05) is 36.4 Å². The van der Waals surface area contributed by atoms with Crippen LogP contribution in [-0.2, 0) is 6.54 Å². The predicted octanol–water partition coefficient (Wildman–Crippen LogP) is 5.02. The van der Waals surface area contributed by atoms with Gasteiger partial charge in [0.1, 0.15) is 6.61 Å². The highest BCUT2D eigenvalue weighted by Crippen LogP contribution is 2.36. The number of rotatable bonds is 10. The number of carbonyl (C=O) groups is 1. The Hall–Kier alpha value is -2.47. The number of hydrogen-bond acceptors (Lipinski definition) is 4. The van der Waals surface area contributed by atoms with Gasteiger partial charge in [0.15, 0.2) is 11.5 Å². The number of methoxy groups -OCH3 is 1. The highest BCUT2D eigenvalue weighted by atomic mass is 79.9. The van der Waals surface area contributed by atoms with Crippen molar-refractivity contribution in [1.82, 2.24) is 5.32 Å². The smallest absolute Gasteiger partial charge is 0.251 e. The van der Waals surface area contributed by atoms with Crippen LogP contribution in [0.2, 0.25) is 0 Å². The third-order valence-corrected chi connectivity index (χ3v) is 4.52. The van der Waals surface area contributed by atoms with Crippen LogP contribution in [-0.4, -0.2) is 26.2 Å². The quantitative estimate of drug-likeness (QED) is 0.502. The zero-order valence-electron chi connectivity index (χ0n) is 16.5. The van der Waals surface area contributed by atoms with Gasteiger partial charge in [-0.2, -0.15) is 0 Å². The molecule has 2 aromatic rings. The van der Waals surface area contributed by atoms with E-state index in [0.717, 1.165) is 15.7 Å². The minimum Gasteiger partial charge on any atom is -0.493 e. The maximum atomic E-state index is 12.2. The van der Waals surface area contributed by atoms with E-state index in [1.165, 1.54) is 0 Å². The Morgan fingerprint density at radius 3 is 2.75 bits per heavy atom. The summed E-state index contributed by atoms with van der Waals surface area (Å²) in [7, 11) is 1.61. The van der Waals surface area contributed by atoms with Crippen molar-refractivity contribution < 1.29 is 14.3 Å². The number of halogens is 1. The van der Waals surface area contributed by atoms with Gasteiger partial charge in [-0.05, 0) is 57.7 Å². The Balaban J connectivity index is 2.07. The fourth-order valence-corrected chi connectivity index (χ4v) is 3.13. The van der Waals surface area contributed by atoms with Gasteiger partial charge in [0.2, 0.25) is 0 Å². The monoisotopic (exact) mass is 446 g/mol. The second-order valence-corrected chi connectivity index (χ2v) is 7.60. The molecule has 0 aromatic heterocycles. The van der Waals surface area contributed by atoms with Gasteiger partial charge in [0, 0.05) is 24.3 Å². The molecule has 0 bridgehead atoms. The summed E-state index contributed by atoms with van der Waals surface area (Å²) >= 11 is 3.53. The van der Waals surface area contributed by atoms with Crippen LogP contribution >= 0.6 is 15.9 Å². The van der Waals surface area contributed by atoms with Crippen LogP contribution in [0.15, 0.2) is 53.5 Å². The topological polar surface area (TPSA) is 59.6 Å². The van der Waals surface area contributed by atoms with E-state index in [0.29, 0.717) is 42.7 Å². The number of carbonyl (C=O) groups excluding carboxylic acids is 1. The standard InChI is InChI=1S/C22H27BrN2O3/c1-5-9-28-21-19(23)10-16(11-20(21)27-4)14-24-18-8-6-7-17(12-18)22(26)25-13-15(2)3/h5-8,10-12,15,24H,1,9,13-14H2,2-4H3,(H,25,26). The molecule has 0 saturated heterocycles. The average Bonchev–Trinajstić information content (AvgIpc) is 2.69. The fourth-order valence-electron chi connectivity index (χ4n) is 2.53. The summed E-state index contributed by atoms with van der Waals surface area (Å²) in [5.74, 6) is 1.65. The minimum absolute atomic E-state index is 0.0644. The molecule has 1 amide bonds. The lowest BCUT2D eigenvalue weighted by Gasteiger charge is -2.14. The zero-order valence-corrected chi connectivity index (χ0v) is 18.1. The molecule has 0 heterocycles. The predicted molar refractivity (Wildman–Crippen MR) is 117 cm³/mol. The lowest BCUT2D eigenvalue weighted by molar-refractivity contribution is 0.0949. The van der Waals surface area contributed by atoms with E-state index < -0.39 is 0 Å². The molecule has 0 radical (unpaired) electrons. The molecule has 5 nitrogen and oxygen atoms in total. The number of amides is 1. The third-order valence-electron chi connectivity index (χ3n) is 3.93. The molecule has 0 unspecified atom stereocenters. The Kier molecular flexibility index (Phi) is 8.39. The number of nitrogens with one attached hydrogen (secondary N) is 2. The Morgan fingerprint density at radius 2 is 2.07 bits per heavy atom. The van der Waals surface area contributed by atoms with Crippen LogP contribution in [0.25, 0.3) is 0 Å². The summed E-state index contributed by atoms with van der Waals surface area (Å²) < 4.78 is 11.9. The van der Waals surface area contributed by atoms with Gasteiger partial charge in [-0.1, -0.05) is 32.6 Å². The number of anilines is 1. The minimum atomic E-state index is -0.0644. The Labute approximate surface area is 175 Å². The van der Waals surface area contributed by atoms with E-state index in [1.54, 1.807) is 13.2 Å². The van der Waals surface area contributed by atoms with Crippen molar-refractivity contribution in [3.8, 4) is 11.5 Å². The summed E-state index contributed by atoms with van der Waals surface area (Å²) in [6, 6.07) is 11.4. The molecule has 0 atom stereocenters. The maximum absolute atomic E-state index is 12.2. The second kappa shape index (κ2) is 10.8. The first-order chi connectivity index (χ1) is 13.4. The average molecular weight is 447 g/mol. The van der Waals surface area contributed by atoms with E-state index in [9.17, 15) is 4.79 Å². The van der Waals surface area contributed by atoms with Crippen LogP contribution in [0.4, 0.5) is 5.69 Å². The first kappa shape index (κ1) is 21.8. The van der Waals surface area contributed by atoms with Gasteiger partial charge in [0.25, 0.3) is 5.91 Å². The van der Waals surface area contributed by atoms with Crippen molar-refractivity contribution in [3.05, 3.63) is 64.7 Å². The van der Waals surface area contributed by atoms with Crippen molar-refractivity contribution in [3.63, 3.8) is 0 Å². The lowest BCUT2D eigenvalue weighted by atomic mass is 10.1. The normalized spacial score (nSPS) is 10.5. The van der Waals surface area contributed by atoms with Crippen LogP contribution < -0.4 is 20.1 Å². The highest BCUT2D eigenvalue weighted by molar-refractivity contribution is 9.10. The molecule has 2 aromatic carbocycles. The molecular formula is C22H27BrN2O3. The summed E-state index contributed by atoms with van der Waals surface area (Å²) in [6.07, 6.45) is 1.69. The molecule has 2 N–H and O–H groups in total. The van der Waals surface area contributed by atoms with E-state index in [4.69, 9.17) is 9.47 Å². The number of ether oxygens (including phenoxy) is 2. The van der Waals surface area contributed by atoms with Crippen LogP contribution in [0.1, 0.15) is 29.8 Å². The van der Waals surface area contributed by atoms with Crippen LogP contribution in [0.3, 0.4) is 0 Å². The summed E-state index contributed by atoms with van der Waals surface area (Å²) in [6.45, 7) is 9.43. The fraction of sp³-hybridized carbons (Fsp3) is 0.318. The zero-order chi connectivity index (χ0) is 20.5. The lowest BCUT2D eigenvalue weighted by Crippen LogP contribution is -2.27. The third kappa shape index (κ3) is 6.30. The van der Waals surface area contributed by atoms with E-state index >= 15 is 0 Å². The van der Waals surface area contributed by atoms with Crippen LogP contribution in [0.5, 0.6) is 11.5 Å². The van der Waals surface area contributed by atoms with Crippen molar-refractivity contribution in [2.45, 2.75) is 20.4 Å². The van der Waals surface area contributed by atoms with E-state index in [2.05, 4.69) is 47.0 Å². The Bertz CT molecular complexity index is 821. The number of benzene rings is 2.